The fraction of sp³-hybridized carbons (Fsp3) is 0.600. The van der Waals surface area contributed by atoms with Crippen LogP contribution in [0.5, 0.6) is 0 Å². The monoisotopic (exact) mass is 260 g/mol. The number of hydrogen-bond acceptors (Lipinski definition) is 5. The van der Waals surface area contributed by atoms with E-state index in [-0.39, 0.29) is 0 Å². The van der Waals surface area contributed by atoms with Crippen LogP contribution in [0.15, 0.2) is 6.33 Å². The van der Waals surface area contributed by atoms with Crippen molar-refractivity contribution >= 4 is 34.9 Å². The van der Waals surface area contributed by atoms with E-state index in [0.717, 1.165) is 12.2 Å². The van der Waals surface area contributed by atoms with E-state index >= 15 is 0 Å². The van der Waals surface area contributed by atoms with Crippen LogP contribution in [0.25, 0.3) is 0 Å². The van der Waals surface area contributed by atoms with Crippen LogP contribution >= 0.6 is 23.4 Å². The first-order valence-electron chi connectivity index (χ1n) is 5.05. The van der Waals surface area contributed by atoms with Crippen LogP contribution in [0.2, 0.25) is 5.15 Å². The van der Waals surface area contributed by atoms with E-state index < -0.39 is 0 Å². The summed E-state index contributed by atoms with van der Waals surface area (Å²) in [6.07, 6.45) is 4.62. The highest BCUT2D eigenvalue weighted by atomic mass is 35.5. The minimum Gasteiger partial charge on any atom is -0.393 e. The Balaban J connectivity index is 2.79. The maximum Gasteiger partial charge on any atom is 0.157 e. The molecule has 2 N–H and O–H groups in total. The average molecular weight is 261 g/mol. The SMILES string of the molecule is CSCCC(C)N(C)c1ncnc(Cl)c1N. The van der Waals surface area contributed by atoms with Gasteiger partial charge in [0.15, 0.2) is 11.0 Å². The summed E-state index contributed by atoms with van der Waals surface area (Å²) < 4.78 is 0. The van der Waals surface area contributed by atoms with Gasteiger partial charge < -0.3 is 10.6 Å². The van der Waals surface area contributed by atoms with Gasteiger partial charge in [0.1, 0.15) is 12.0 Å². The molecule has 0 aromatic carbocycles. The zero-order valence-electron chi connectivity index (χ0n) is 9.77. The third kappa shape index (κ3) is 3.15. The van der Waals surface area contributed by atoms with Gasteiger partial charge in [-0.25, -0.2) is 9.97 Å². The van der Waals surface area contributed by atoms with E-state index in [1.807, 2.05) is 23.7 Å². The summed E-state index contributed by atoms with van der Waals surface area (Å²) in [5, 5.41) is 0.314. The zero-order valence-corrected chi connectivity index (χ0v) is 11.3. The fourth-order valence-corrected chi connectivity index (χ4v) is 2.04. The van der Waals surface area contributed by atoms with Gasteiger partial charge in [-0.05, 0) is 25.4 Å². The number of rotatable bonds is 5. The van der Waals surface area contributed by atoms with Gasteiger partial charge >= 0.3 is 0 Å². The largest absolute Gasteiger partial charge is 0.393 e. The van der Waals surface area contributed by atoms with Crippen molar-refractivity contribution in [2.45, 2.75) is 19.4 Å². The van der Waals surface area contributed by atoms with E-state index in [0.29, 0.717) is 22.7 Å². The summed E-state index contributed by atoms with van der Waals surface area (Å²) in [5.74, 6) is 1.82. The van der Waals surface area contributed by atoms with Crippen molar-refractivity contribution in [1.82, 2.24) is 9.97 Å². The average Bonchev–Trinajstić information content (AvgIpc) is 2.28. The highest BCUT2D eigenvalue weighted by Gasteiger charge is 2.15. The molecule has 0 spiro atoms. The summed E-state index contributed by atoms with van der Waals surface area (Å²) in [5.41, 5.74) is 6.29. The minimum atomic E-state index is 0.314. The molecule has 0 bridgehead atoms. The lowest BCUT2D eigenvalue weighted by molar-refractivity contribution is 0.662. The van der Waals surface area contributed by atoms with E-state index in [9.17, 15) is 0 Å². The molecule has 1 rings (SSSR count). The van der Waals surface area contributed by atoms with Gasteiger partial charge in [0.05, 0.1) is 0 Å². The number of anilines is 2. The summed E-state index contributed by atoms with van der Waals surface area (Å²) >= 11 is 7.69. The van der Waals surface area contributed by atoms with Crippen LogP contribution in [-0.4, -0.2) is 35.1 Å². The Morgan fingerprint density at radius 1 is 1.56 bits per heavy atom. The molecule has 0 amide bonds. The Hall–Kier alpha value is -0.680. The molecule has 1 unspecified atom stereocenters. The van der Waals surface area contributed by atoms with Gasteiger partial charge in [-0.2, -0.15) is 11.8 Å². The number of nitrogens with zero attached hydrogens (tertiary/aromatic N) is 3. The minimum absolute atomic E-state index is 0.314. The predicted octanol–water partition coefficient (Wildman–Crippen LogP) is 2.29. The summed E-state index contributed by atoms with van der Waals surface area (Å²) in [4.78, 5) is 10.0. The first-order chi connectivity index (χ1) is 7.57. The van der Waals surface area contributed by atoms with Gasteiger partial charge in [-0.3, -0.25) is 0 Å². The third-order valence-corrected chi connectivity index (χ3v) is 3.49. The normalized spacial score (nSPS) is 12.5. The zero-order chi connectivity index (χ0) is 12.1. The summed E-state index contributed by atoms with van der Waals surface area (Å²) in [6.45, 7) is 2.14. The van der Waals surface area contributed by atoms with Crippen LogP contribution in [0, 0.1) is 0 Å². The lowest BCUT2D eigenvalue weighted by Gasteiger charge is -2.26. The molecule has 1 aromatic rings. The van der Waals surface area contributed by atoms with Gasteiger partial charge in [-0.15, -0.1) is 0 Å². The molecule has 1 heterocycles. The quantitative estimate of drug-likeness (QED) is 0.824. The van der Waals surface area contributed by atoms with Crippen LogP contribution in [0.3, 0.4) is 0 Å². The van der Waals surface area contributed by atoms with Gasteiger partial charge in [0, 0.05) is 13.1 Å². The Kier molecular flexibility index (Phi) is 5.15. The molecule has 0 aliphatic carbocycles. The number of halogens is 1. The molecule has 0 radical (unpaired) electrons. The number of aromatic nitrogens is 2. The molecule has 0 saturated carbocycles. The second-order valence-electron chi connectivity index (χ2n) is 3.64. The molecule has 6 heteroatoms. The van der Waals surface area contributed by atoms with Gasteiger partial charge in [-0.1, -0.05) is 11.6 Å². The highest BCUT2D eigenvalue weighted by Crippen LogP contribution is 2.26. The lowest BCUT2D eigenvalue weighted by atomic mass is 10.2. The number of nitrogen functional groups attached to an aromatic ring is 1. The predicted molar refractivity (Wildman–Crippen MR) is 72.3 cm³/mol. The number of hydrogen-bond donors (Lipinski definition) is 1. The van der Waals surface area contributed by atoms with Crippen molar-refractivity contribution in [3.05, 3.63) is 11.5 Å². The molecule has 0 aliphatic rings. The molecule has 0 fully saturated rings. The summed E-state index contributed by atoms with van der Waals surface area (Å²) in [6, 6.07) is 0.376. The standard InChI is InChI=1S/C10H17ClN4S/c1-7(4-5-16-3)15(2)10-8(12)9(11)13-6-14-10/h6-7H,4-5,12H2,1-3H3. The van der Waals surface area contributed by atoms with Gasteiger partial charge in [0.2, 0.25) is 0 Å². The number of thioether (sulfide) groups is 1. The van der Waals surface area contributed by atoms with Crippen LogP contribution in [0.1, 0.15) is 13.3 Å². The smallest absolute Gasteiger partial charge is 0.157 e. The molecular weight excluding hydrogens is 244 g/mol. The topological polar surface area (TPSA) is 55.0 Å². The second kappa shape index (κ2) is 6.15. The number of nitrogens with two attached hydrogens (primary N) is 1. The Morgan fingerprint density at radius 3 is 2.88 bits per heavy atom. The van der Waals surface area contributed by atoms with Crippen molar-refractivity contribution in [2.75, 3.05) is 29.7 Å². The fourth-order valence-electron chi connectivity index (χ4n) is 1.34. The second-order valence-corrected chi connectivity index (χ2v) is 4.99. The van der Waals surface area contributed by atoms with Crippen molar-refractivity contribution < 1.29 is 0 Å². The molecule has 90 valence electrons. The summed E-state index contributed by atoms with van der Waals surface area (Å²) in [7, 11) is 1.97. The van der Waals surface area contributed by atoms with Crippen molar-refractivity contribution in [1.29, 1.82) is 0 Å². The maximum absolute atomic E-state index is 5.86. The molecule has 0 saturated heterocycles. The van der Waals surface area contributed by atoms with E-state index in [2.05, 4.69) is 23.1 Å². The van der Waals surface area contributed by atoms with Crippen molar-refractivity contribution in [2.24, 2.45) is 0 Å². The molecule has 0 aliphatic heterocycles. The Morgan fingerprint density at radius 2 is 2.25 bits per heavy atom. The lowest BCUT2D eigenvalue weighted by Crippen LogP contribution is -2.30. The van der Waals surface area contributed by atoms with Crippen LogP contribution in [0.4, 0.5) is 11.5 Å². The van der Waals surface area contributed by atoms with E-state index in [1.165, 1.54) is 6.33 Å². The third-order valence-electron chi connectivity index (χ3n) is 2.55. The Bertz CT molecular complexity index is 348. The molecule has 4 nitrogen and oxygen atoms in total. The molecule has 1 aromatic heterocycles. The molecular formula is C10H17ClN4S. The van der Waals surface area contributed by atoms with Gasteiger partial charge in [0.25, 0.3) is 0 Å². The van der Waals surface area contributed by atoms with E-state index in [4.69, 9.17) is 17.3 Å². The van der Waals surface area contributed by atoms with Crippen LogP contribution in [-0.2, 0) is 0 Å². The first kappa shape index (κ1) is 13.4. The van der Waals surface area contributed by atoms with Crippen molar-refractivity contribution in [3.8, 4) is 0 Å². The highest BCUT2D eigenvalue weighted by molar-refractivity contribution is 7.98. The first-order valence-corrected chi connectivity index (χ1v) is 6.82. The van der Waals surface area contributed by atoms with Crippen LogP contribution < -0.4 is 10.6 Å². The maximum atomic E-state index is 5.86. The van der Waals surface area contributed by atoms with E-state index in [1.54, 1.807) is 0 Å². The molecule has 1 atom stereocenters. The Labute approximate surface area is 106 Å². The molecule has 16 heavy (non-hydrogen) atoms. The van der Waals surface area contributed by atoms with Crippen molar-refractivity contribution in [3.63, 3.8) is 0 Å².